The minimum absolute atomic E-state index is 0.645. The normalized spacial score (nSPS) is 9.27. The minimum Gasteiger partial charge on any atom is -0.192 e. The van der Waals surface area contributed by atoms with Crippen LogP contribution in [0.3, 0.4) is 0 Å². The fourth-order valence-corrected chi connectivity index (χ4v) is 1.72. The molecule has 1 aromatic carbocycles. The van der Waals surface area contributed by atoms with Crippen LogP contribution < -0.4 is 0 Å². The summed E-state index contributed by atoms with van der Waals surface area (Å²) in [5.74, 6) is 0. The summed E-state index contributed by atoms with van der Waals surface area (Å²) >= 11 is 6.39. The van der Waals surface area contributed by atoms with E-state index in [1.807, 2.05) is 19.1 Å². The number of halogens is 1. The van der Waals surface area contributed by atoms with E-state index in [-0.39, 0.29) is 0 Å². The Morgan fingerprint density at radius 2 is 2.18 bits per heavy atom. The average Bonchev–Trinajstić information content (AvgIpc) is 1.97. The zero-order chi connectivity index (χ0) is 8.43. The van der Waals surface area contributed by atoms with Gasteiger partial charge in [0, 0.05) is 8.47 Å². The molecule has 0 radical (unpaired) electrons. The molecule has 56 valence electrons. The fraction of sp³-hybridized carbons (Fsp3) is 0.125. The number of aryl methyl sites for hydroxylation is 1. The van der Waals surface area contributed by atoms with Crippen molar-refractivity contribution >= 4 is 35.2 Å². The molecule has 3 heteroatoms. The largest absolute Gasteiger partial charge is 0.192 e. The highest BCUT2D eigenvalue weighted by Gasteiger charge is 2.00. The van der Waals surface area contributed by atoms with Crippen molar-refractivity contribution in [2.24, 2.45) is 0 Å². The lowest BCUT2D eigenvalue weighted by Crippen LogP contribution is -1.84. The molecule has 0 amide bonds. The van der Waals surface area contributed by atoms with Crippen molar-refractivity contribution in [2.45, 2.75) is 11.8 Å². The molecule has 0 unspecified atom stereocenters. The zero-order valence-electron chi connectivity index (χ0n) is 5.93. The number of rotatable bonds is 0. The molecule has 0 bridgehead atoms. The highest BCUT2D eigenvalue weighted by atomic mass is 127. The van der Waals surface area contributed by atoms with Gasteiger partial charge in [0.05, 0.1) is 5.56 Å². The standard InChI is InChI=1S/C8H6INS/c1-5-2-6(4-10)8(11)3-7(5)9/h2-3,11H,1H3. The summed E-state index contributed by atoms with van der Waals surface area (Å²) in [6, 6.07) is 5.84. The van der Waals surface area contributed by atoms with Gasteiger partial charge in [0.1, 0.15) is 6.07 Å². The maximum Gasteiger partial charge on any atom is 0.100 e. The number of thiol groups is 1. The van der Waals surface area contributed by atoms with Crippen LogP contribution >= 0.6 is 35.2 Å². The van der Waals surface area contributed by atoms with E-state index in [0.29, 0.717) is 5.56 Å². The van der Waals surface area contributed by atoms with Gasteiger partial charge in [-0.25, -0.2) is 0 Å². The lowest BCUT2D eigenvalue weighted by molar-refractivity contribution is 1.30. The SMILES string of the molecule is Cc1cc(C#N)c(S)cc1I. The summed E-state index contributed by atoms with van der Waals surface area (Å²) in [6.07, 6.45) is 0. The first-order valence-corrected chi connectivity index (χ1v) is 4.57. The smallest absolute Gasteiger partial charge is 0.100 e. The van der Waals surface area contributed by atoms with Crippen molar-refractivity contribution in [3.63, 3.8) is 0 Å². The van der Waals surface area contributed by atoms with Crippen molar-refractivity contribution < 1.29 is 0 Å². The third-order valence-corrected chi connectivity index (χ3v) is 2.93. The van der Waals surface area contributed by atoms with Crippen LogP contribution in [0, 0.1) is 21.8 Å². The Morgan fingerprint density at radius 1 is 1.55 bits per heavy atom. The van der Waals surface area contributed by atoms with Gasteiger partial charge in [0.2, 0.25) is 0 Å². The minimum atomic E-state index is 0.645. The summed E-state index contributed by atoms with van der Waals surface area (Å²) < 4.78 is 1.14. The van der Waals surface area contributed by atoms with Crippen molar-refractivity contribution in [1.82, 2.24) is 0 Å². The Labute approximate surface area is 85.0 Å². The molecule has 0 atom stereocenters. The Morgan fingerprint density at radius 3 is 2.73 bits per heavy atom. The Bertz CT molecular complexity index is 328. The molecule has 1 aromatic rings. The van der Waals surface area contributed by atoms with Crippen molar-refractivity contribution in [3.8, 4) is 6.07 Å². The third kappa shape index (κ3) is 1.88. The van der Waals surface area contributed by atoms with Crippen LogP contribution in [-0.4, -0.2) is 0 Å². The predicted octanol–water partition coefficient (Wildman–Crippen LogP) is 2.76. The van der Waals surface area contributed by atoms with Crippen LogP contribution in [0.1, 0.15) is 11.1 Å². The maximum absolute atomic E-state index is 8.63. The molecular weight excluding hydrogens is 269 g/mol. The van der Waals surface area contributed by atoms with E-state index in [4.69, 9.17) is 5.26 Å². The number of nitriles is 1. The lowest BCUT2D eigenvalue weighted by atomic mass is 10.2. The second-order valence-electron chi connectivity index (χ2n) is 2.23. The Kier molecular flexibility index (Phi) is 2.79. The second-order valence-corrected chi connectivity index (χ2v) is 3.87. The van der Waals surface area contributed by atoms with Crippen LogP contribution in [-0.2, 0) is 0 Å². The predicted molar refractivity (Wildman–Crippen MR) is 55.9 cm³/mol. The van der Waals surface area contributed by atoms with Gasteiger partial charge < -0.3 is 0 Å². The molecule has 11 heavy (non-hydrogen) atoms. The molecule has 0 aliphatic rings. The summed E-state index contributed by atoms with van der Waals surface area (Å²) in [6.45, 7) is 1.98. The molecule has 0 saturated carbocycles. The van der Waals surface area contributed by atoms with Crippen LogP contribution in [0.15, 0.2) is 17.0 Å². The lowest BCUT2D eigenvalue weighted by Gasteiger charge is -2.00. The highest BCUT2D eigenvalue weighted by Crippen LogP contribution is 2.20. The van der Waals surface area contributed by atoms with Gasteiger partial charge in [-0.15, -0.1) is 12.6 Å². The zero-order valence-corrected chi connectivity index (χ0v) is 8.98. The van der Waals surface area contributed by atoms with E-state index in [0.717, 1.165) is 14.0 Å². The monoisotopic (exact) mass is 275 g/mol. The maximum atomic E-state index is 8.63. The van der Waals surface area contributed by atoms with Gasteiger partial charge in [0.25, 0.3) is 0 Å². The molecule has 0 saturated heterocycles. The third-order valence-electron chi connectivity index (χ3n) is 1.40. The highest BCUT2D eigenvalue weighted by molar-refractivity contribution is 14.1. The molecule has 0 spiro atoms. The quantitative estimate of drug-likeness (QED) is 0.571. The second kappa shape index (κ2) is 3.46. The van der Waals surface area contributed by atoms with Crippen molar-refractivity contribution in [3.05, 3.63) is 26.8 Å². The first kappa shape index (κ1) is 8.88. The van der Waals surface area contributed by atoms with E-state index in [2.05, 4.69) is 41.3 Å². The fourth-order valence-electron chi connectivity index (χ4n) is 0.761. The van der Waals surface area contributed by atoms with Crippen LogP contribution in [0.25, 0.3) is 0 Å². The molecule has 0 N–H and O–H groups in total. The van der Waals surface area contributed by atoms with Crippen molar-refractivity contribution in [2.75, 3.05) is 0 Å². The molecule has 0 fully saturated rings. The average molecular weight is 275 g/mol. The van der Waals surface area contributed by atoms with Gasteiger partial charge in [-0.05, 0) is 47.2 Å². The number of benzene rings is 1. The summed E-state index contributed by atoms with van der Waals surface area (Å²) in [5.41, 5.74) is 1.77. The van der Waals surface area contributed by atoms with Crippen molar-refractivity contribution in [1.29, 1.82) is 5.26 Å². The topological polar surface area (TPSA) is 23.8 Å². The molecule has 1 rings (SSSR count). The Hall–Kier alpha value is -0.210. The number of hydrogen-bond donors (Lipinski definition) is 1. The number of nitrogens with zero attached hydrogens (tertiary/aromatic N) is 1. The summed E-state index contributed by atoms with van der Waals surface area (Å²) in [5, 5.41) is 8.63. The first-order valence-electron chi connectivity index (χ1n) is 3.04. The van der Waals surface area contributed by atoms with Crippen LogP contribution in [0.5, 0.6) is 0 Å². The molecular formula is C8H6INS. The van der Waals surface area contributed by atoms with E-state index in [9.17, 15) is 0 Å². The number of hydrogen-bond acceptors (Lipinski definition) is 2. The van der Waals surface area contributed by atoms with Crippen LogP contribution in [0.4, 0.5) is 0 Å². The molecule has 0 aliphatic heterocycles. The molecule has 0 heterocycles. The molecule has 1 nitrogen and oxygen atoms in total. The Balaban J connectivity index is 3.35. The molecule has 0 aliphatic carbocycles. The van der Waals surface area contributed by atoms with E-state index in [1.165, 1.54) is 0 Å². The first-order chi connectivity index (χ1) is 5.15. The van der Waals surface area contributed by atoms with Gasteiger partial charge >= 0.3 is 0 Å². The van der Waals surface area contributed by atoms with Gasteiger partial charge in [-0.3, -0.25) is 0 Å². The van der Waals surface area contributed by atoms with Gasteiger partial charge in [-0.2, -0.15) is 5.26 Å². The van der Waals surface area contributed by atoms with Crippen LogP contribution in [0.2, 0.25) is 0 Å². The summed E-state index contributed by atoms with van der Waals surface area (Å²) in [7, 11) is 0. The summed E-state index contributed by atoms with van der Waals surface area (Å²) in [4.78, 5) is 0.752. The van der Waals surface area contributed by atoms with Gasteiger partial charge in [0.15, 0.2) is 0 Å². The molecule has 0 aromatic heterocycles. The van der Waals surface area contributed by atoms with E-state index in [1.54, 1.807) is 0 Å². The van der Waals surface area contributed by atoms with Gasteiger partial charge in [-0.1, -0.05) is 0 Å². The van der Waals surface area contributed by atoms with E-state index >= 15 is 0 Å². The van der Waals surface area contributed by atoms with E-state index < -0.39 is 0 Å².